The fourth-order valence-corrected chi connectivity index (χ4v) is 3.24. The summed E-state index contributed by atoms with van der Waals surface area (Å²) in [6, 6.07) is 7.53. The molecular weight excluding hydrogens is 436 g/mol. The zero-order valence-corrected chi connectivity index (χ0v) is 16.8. The van der Waals surface area contributed by atoms with Crippen molar-refractivity contribution in [2.75, 3.05) is 11.9 Å². The maximum Gasteiger partial charge on any atom is 0.330 e. The van der Waals surface area contributed by atoms with Gasteiger partial charge < -0.3 is 20.5 Å². The van der Waals surface area contributed by atoms with E-state index in [0.717, 1.165) is 10.2 Å². The molecule has 0 radical (unpaired) electrons. The highest BCUT2D eigenvalue weighted by Gasteiger charge is 2.35. The number of hydrogen-bond donors (Lipinski definition) is 4. The number of rotatable bonds is 4. The van der Waals surface area contributed by atoms with E-state index in [9.17, 15) is 14.7 Å². The van der Waals surface area contributed by atoms with E-state index in [4.69, 9.17) is 17.0 Å². The molecule has 0 bridgehead atoms. The molecule has 1 aromatic heterocycles. The first-order chi connectivity index (χ1) is 12.8. The van der Waals surface area contributed by atoms with Gasteiger partial charge in [0.25, 0.3) is 5.56 Å². The monoisotopic (exact) mass is 454 g/mol. The van der Waals surface area contributed by atoms with Crippen LogP contribution in [-0.2, 0) is 4.74 Å². The topological polar surface area (TPSA) is 108 Å². The molecule has 1 aliphatic heterocycles. The van der Waals surface area contributed by atoms with Crippen LogP contribution >= 0.6 is 28.1 Å². The Hall–Kier alpha value is -2.01. The normalized spacial score (nSPS) is 21.8. The lowest BCUT2D eigenvalue weighted by Gasteiger charge is -2.18. The van der Waals surface area contributed by atoms with E-state index >= 15 is 0 Å². The van der Waals surface area contributed by atoms with E-state index in [1.807, 2.05) is 24.3 Å². The predicted octanol–water partition coefficient (Wildman–Crippen LogP) is 1.24. The van der Waals surface area contributed by atoms with Crippen LogP contribution in [0, 0.1) is 6.92 Å². The first-order valence-corrected chi connectivity index (χ1v) is 9.49. The lowest BCUT2D eigenvalue weighted by Crippen LogP contribution is -2.39. The predicted molar refractivity (Wildman–Crippen MR) is 109 cm³/mol. The van der Waals surface area contributed by atoms with Crippen LogP contribution in [0.4, 0.5) is 5.69 Å². The Morgan fingerprint density at radius 2 is 2.11 bits per heavy atom. The molecule has 144 valence electrons. The third kappa shape index (κ3) is 4.83. The van der Waals surface area contributed by atoms with Gasteiger partial charge in [0.15, 0.2) is 5.11 Å². The van der Waals surface area contributed by atoms with Crippen LogP contribution in [0.2, 0.25) is 0 Å². The average molecular weight is 455 g/mol. The van der Waals surface area contributed by atoms with Crippen molar-refractivity contribution in [3.63, 3.8) is 0 Å². The largest absolute Gasteiger partial charge is 0.390 e. The standard InChI is InChI=1S/C17H19BrN4O4S/c1-9-8-22(17(25)21-15(9)24)14-6-12(23)13(26-14)7-19-16(27)20-11-4-2-10(18)3-5-11/h2-5,8,12-14,23H,6-7H2,1H3,(H2,19,20,27)(H,21,24,25)/t12-,13+,14-/m0/s1. The average Bonchev–Trinajstić information content (AvgIpc) is 2.99. The minimum absolute atomic E-state index is 0.241. The Morgan fingerprint density at radius 3 is 2.81 bits per heavy atom. The van der Waals surface area contributed by atoms with E-state index in [0.29, 0.717) is 10.7 Å². The van der Waals surface area contributed by atoms with Gasteiger partial charge in [0, 0.05) is 34.9 Å². The van der Waals surface area contributed by atoms with Gasteiger partial charge in [0.1, 0.15) is 12.3 Å². The van der Waals surface area contributed by atoms with Gasteiger partial charge in [-0.05, 0) is 43.4 Å². The van der Waals surface area contributed by atoms with Crippen LogP contribution in [0.25, 0.3) is 0 Å². The minimum atomic E-state index is -0.767. The second-order valence-corrected chi connectivity index (χ2v) is 7.58. The number of benzene rings is 1. The van der Waals surface area contributed by atoms with Crippen LogP contribution in [-0.4, -0.2) is 38.5 Å². The number of aromatic nitrogens is 2. The van der Waals surface area contributed by atoms with Crippen molar-refractivity contribution in [1.82, 2.24) is 14.9 Å². The second kappa shape index (κ2) is 8.34. The fraction of sp³-hybridized carbons (Fsp3) is 0.353. The second-order valence-electron chi connectivity index (χ2n) is 6.25. The van der Waals surface area contributed by atoms with Crippen LogP contribution in [0.15, 0.2) is 44.5 Å². The maximum absolute atomic E-state index is 12.0. The van der Waals surface area contributed by atoms with Gasteiger partial charge in [-0.15, -0.1) is 0 Å². The summed E-state index contributed by atoms with van der Waals surface area (Å²) in [5.74, 6) is 0. The number of halogens is 1. The number of aliphatic hydroxyl groups excluding tert-OH is 1. The summed E-state index contributed by atoms with van der Waals surface area (Å²) in [5, 5.41) is 16.7. The number of H-pyrrole nitrogens is 1. The third-order valence-corrected chi connectivity index (χ3v) is 5.00. The summed E-state index contributed by atoms with van der Waals surface area (Å²) >= 11 is 8.62. The van der Waals surface area contributed by atoms with Gasteiger partial charge in [-0.2, -0.15) is 0 Å². The number of nitrogens with one attached hydrogen (secondary N) is 3. The molecule has 10 heteroatoms. The molecule has 0 saturated carbocycles. The number of nitrogens with zero attached hydrogens (tertiary/aromatic N) is 1. The Kier molecular flexibility index (Phi) is 6.10. The molecule has 1 saturated heterocycles. The molecule has 2 heterocycles. The summed E-state index contributed by atoms with van der Waals surface area (Å²) < 4.78 is 8.04. The lowest BCUT2D eigenvalue weighted by atomic mass is 10.2. The molecule has 4 N–H and O–H groups in total. The summed E-state index contributed by atoms with van der Waals surface area (Å²) in [4.78, 5) is 25.7. The van der Waals surface area contributed by atoms with Crippen molar-refractivity contribution in [2.24, 2.45) is 0 Å². The molecule has 1 aliphatic rings. The van der Waals surface area contributed by atoms with Crippen molar-refractivity contribution in [3.05, 3.63) is 61.3 Å². The van der Waals surface area contributed by atoms with Gasteiger partial charge in [-0.3, -0.25) is 14.3 Å². The molecule has 1 fully saturated rings. The summed E-state index contributed by atoms with van der Waals surface area (Å²) in [6.07, 6.45) is -0.280. The van der Waals surface area contributed by atoms with E-state index in [-0.39, 0.29) is 13.0 Å². The van der Waals surface area contributed by atoms with Crippen LogP contribution < -0.4 is 21.9 Å². The van der Waals surface area contributed by atoms with Gasteiger partial charge in [-0.1, -0.05) is 15.9 Å². The van der Waals surface area contributed by atoms with Gasteiger partial charge in [-0.25, -0.2) is 4.79 Å². The SMILES string of the molecule is Cc1cn([C@@H]2C[C@H](O)[C@@H](CNC(=S)Nc3ccc(Br)cc3)O2)c(=O)[nH]c1=O. The molecule has 2 aromatic rings. The summed E-state index contributed by atoms with van der Waals surface area (Å²) in [7, 11) is 0. The molecule has 0 amide bonds. The summed E-state index contributed by atoms with van der Waals surface area (Å²) in [5.41, 5.74) is 0.229. The Balaban J connectivity index is 1.58. The molecule has 3 atom stereocenters. The zero-order chi connectivity index (χ0) is 19.6. The number of aliphatic hydroxyl groups is 1. The number of ether oxygens (including phenoxy) is 1. The highest BCUT2D eigenvalue weighted by atomic mass is 79.9. The fourth-order valence-electron chi connectivity index (χ4n) is 2.77. The highest BCUT2D eigenvalue weighted by molar-refractivity contribution is 9.10. The quantitative estimate of drug-likeness (QED) is 0.514. The number of aromatic amines is 1. The van der Waals surface area contributed by atoms with Gasteiger partial charge in [0.05, 0.1) is 6.10 Å². The van der Waals surface area contributed by atoms with Crippen LogP contribution in [0.5, 0.6) is 0 Å². The van der Waals surface area contributed by atoms with Crippen molar-refractivity contribution >= 4 is 38.9 Å². The minimum Gasteiger partial charge on any atom is -0.390 e. The maximum atomic E-state index is 12.0. The molecule has 0 unspecified atom stereocenters. The Labute approximate surface area is 168 Å². The molecule has 0 aliphatic carbocycles. The lowest BCUT2D eigenvalue weighted by molar-refractivity contribution is -0.0172. The third-order valence-electron chi connectivity index (χ3n) is 4.23. The molecule has 27 heavy (non-hydrogen) atoms. The molecule has 3 rings (SSSR count). The van der Waals surface area contributed by atoms with Crippen molar-refractivity contribution in [2.45, 2.75) is 31.8 Å². The van der Waals surface area contributed by atoms with E-state index in [1.54, 1.807) is 6.92 Å². The Bertz CT molecular complexity index is 943. The van der Waals surface area contributed by atoms with Crippen LogP contribution in [0.1, 0.15) is 18.2 Å². The van der Waals surface area contributed by atoms with Gasteiger partial charge in [0.2, 0.25) is 0 Å². The highest BCUT2D eigenvalue weighted by Crippen LogP contribution is 2.27. The van der Waals surface area contributed by atoms with Crippen molar-refractivity contribution in [3.8, 4) is 0 Å². The zero-order valence-electron chi connectivity index (χ0n) is 14.4. The number of aryl methyl sites for hydroxylation is 1. The molecule has 8 nitrogen and oxygen atoms in total. The van der Waals surface area contributed by atoms with E-state index < -0.39 is 29.7 Å². The van der Waals surface area contributed by atoms with Crippen molar-refractivity contribution in [1.29, 1.82) is 0 Å². The smallest absolute Gasteiger partial charge is 0.330 e. The molecule has 0 spiro atoms. The molecular formula is C17H19BrN4O4S. The first-order valence-electron chi connectivity index (χ1n) is 8.29. The Morgan fingerprint density at radius 1 is 1.41 bits per heavy atom. The van der Waals surface area contributed by atoms with Crippen LogP contribution in [0.3, 0.4) is 0 Å². The first kappa shape index (κ1) is 19.7. The number of thiocarbonyl (C=S) groups is 1. The van der Waals surface area contributed by atoms with Crippen molar-refractivity contribution < 1.29 is 9.84 Å². The van der Waals surface area contributed by atoms with E-state index in [2.05, 4.69) is 31.5 Å². The number of anilines is 1. The number of hydrogen-bond acceptors (Lipinski definition) is 5. The summed E-state index contributed by atoms with van der Waals surface area (Å²) in [6.45, 7) is 1.88. The van der Waals surface area contributed by atoms with E-state index in [1.165, 1.54) is 10.8 Å². The van der Waals surface area contributed by atoms with Gasteiger partial charge >= 0.3 is 5.69 Å². The molecule has 1 aromatic carbocycles.